The second-order valence-electron chi connectivity index (χ2n) is 2.86. The lowest BCUT2D eigenvalue weighted by Crippen LogP contribution is -2.05. The summed E-state index contributed by atoms with van der Waals surface area (Å²) in [6, 6.07) is 5.51. The molecule has 5 heteroatoms. The first-order chi connectivity index (χ1) is 7.24. The van der Waals surface area contributed by atoms with Gasteiger partial charge in [-0.2, -0.15) is 0 Å². The molecule has 0 saturated heterocycles. The van der Waals surface area contributed by atoms with E-state index in [1.165, 1.54) is 0 Å². The highest BCUT2D eigenvalue weighted by atomic mass is 127. The third-order valence-corrected chi connectivity index (χ3v) is 2.82. The predicted octanol–water partition coefficient (Wildman–Crippen LogP) is 2.61. The van der Waals surface area contributed by atoms with E-state index in [4.69, 9.17) is 9.26 Å². The normalized spacial score (nSPS) is 10.5. The summed E-state index contributed by atoms with van der Waals surface area (Å²) in [4.78, 5) is 11.5. The second kappa shape index (κ2) is 4.18. The molecule has 2 aromatic rings. The van der Waals surface area contributed by atoms with Crippen molar-refractivity contribution in [3.63, 3.8) is 0 Å². The average Bonchev–Trinajstić information content (AvgIpc) is 2.63. The highest BCUT2D eigenvalue weighted by Gasteiger charge is 2.18. The quantitative estimate of drug-likeness (QED) is 0.631. The summed E-state index contributed by atoms with van der Waals surface area (Å²) < 4.78 is 10.9. The van der Waals surface area contributed by atoms with E-state index in [1.807, 2.05) is 12.1 Å². The predicted molar refractivity (Wildman–Crippen MR) is 62.7 cm³/mol. The van der Waals surface area contributed by atoms with Crippen molar-refractivity contribution in [2.75, 3.05) is 6.61 Å². The van der Waals surface area contributed by atoms with Crippen LogP contribution in [0.5, 0.6) is 0 Å². The minimum Gasteiger partial charge on any atom is -0.461 e. The van der Waals surface area contributed by atoms with Crippen LogP contribution in [0.3, 0.4) is 0 Å². The highest BCUT2D eigenvalue weighted by molar-refractivity contribution is 14.1. The van der Waals surface area contributed by atoms with Crippen molar-refractivity contribution in [2.24, 2.45) is 0 Å². The van der Waals surface area contributed by atoms with Gasteiger partial charge in [-0.15, -0.1) is 0 Å². The van der Waals surface area contributed by atoms with Gasteiger partial charge in [0.15, 0.2) is 11.3 Å². The molecule has 15 heavy (non-hydrogen) atoms. The number of hydrogen-bond acceptors (Lipinski definition) is 4. The number of esters is 1. The summed E-state index contributed by atoms with van der Waals surface area (Å²) in [6.07, 6.45) is 0. The van der Waals surface area contributed by atoms with Crippen molar-refractivity contribution >= 4 is 39.5 Å². The van der Waals surface area contributed by atoms with Gasteiger partial charge in [0.2, 0.25) is 0 Å². The molecule has 0 N–H and O–H groups in total. The van der Waals surface area contributed by atoms with Crippen LogP contribution >= 0.6 is 22.6 Å². The van der Waals surface area contributed by atoms with Crippen molar-refractivity contribution in [3.05, 3.63) is 27.5 Å². The molecule has 1 heterocycles. The first kappa shape index (κ1) is 10.4. The van der Waals surface area contributed by atoms with E-state index in [2.05, 4.69) is 27.7 Å². The monoisotopic (exact) mass is 317 g/mol. The molecule has 0 bridgehead atoms. The number of rotatable bonds is 2. The molecule has 4 nitrogen and oxygen atoms in total. The lowest BCUT2D eigenvalue weighted by Gasteiger charge is -1.97. The number of hydrogen-bond donors (Lipinski definition) is 0. The molecule has 0 amide bonds. The lowest BCUT2D eigenvalue weighted by molar-refractivity contribution is 0.0517. The molecule has 2 rings (SSSR count). The molecule has 0 aliphatic rings. The van der Waals surface area contributed by atoms with Crippen molar-refractivity contribution in [1.82, 2.24) is 5.16 Å². The average molecular weight is 317 g/mol. The summed E-state index contributed by atoms with van der Waals surface area (Å²) in [5.41, 5.74) is 0.849. The SMILES string of the molecule is CCOC(=O)c1noc2cccc(I)c12. The Hall–Kier alpha value is -1.11. The molecule has 1 aromatic heterocycles. The number of carbonyl (C=O) groups is 1. The Morgan fingerprint density at radius 3 is 3.13 bits per heavy atom. The zero-order valence-corrected chi connectivity index (χ0v) is 10.1. The molecule has 0 radical (unpaired) electrons. The third kappa shape index (κ3) is 1.83. The zero-order valence-electron chi connectivity index (χ0n) is 7.99. The molecule has 0 spiro atoms. The van der Waals surface area contributed by atoms with E-state index in [1.54, 1.807) is 13.0 Å². The Morgan fingerprint density at radius 1 is 1.60 bits per heavy atom. The lowest BCUT2D eigenvalue weighted by atomic mass is 10.2. The topological polar surface area (TPSA) is 52.3 Å². The van der Waals surface area contributed by atoms with Crippen molar-refractivity contribution in [2.45, 2.75) is 6.92 Å². The minimum absolute atomic E-state index is 0.247. The molecule has 78 valence electrons. The maximum absolute atomic E-state index is 11.5. The molecule has 0 saturated carbocycles. The maximum atomic E-state index is 11.5. The van der Waals surface area contributed by atoms with Gasteiger partial charge in [0.1, 0.15) is 0 Å². The molecule has 0 aliphatic heterocycles. The van der Waals surface area contributed by atoms with E-state index < -0.39 is 5.97 Å². The highest BCUT2D eigenvalue weighted by Crippen LogP contribution is 2.24. The smallest absolute Gasteiger partial charge is 0.361 e. The Balaban J connectivity index is 2.57. The Morgan fingerprint density at radius 2 is 2.40 bits per heavy atom. The number of halogens is 1. The fraction of sp³-hybridized carbons (Fsp3) is 0.200. The van der Waals surface area contributed by atoms with Crippen LogP contribution < -0.4 is 0 Å². The van der Waals surface area contributed by atoms with Crippen molar-refractivity contribution < 1.29 is 14.1 Å². The van der Waals surface area contributed by atoms with Crippen LogP contribution in [0.25, 0.3) is 11.0 Å². The maximum Gasteiger partial charge on any atom is 0.361 e. The molecule has 0 fully saturated rings. The van der Waals surface area contributed by atoms with Gasteiger partial charge in [-0.25, -0.2) is 4.79 Å². The molecule has 0 atom stereocenters. The number of benzene rings is 1. The van der Waals surface area contributed by atoms with E-state index in [0.29, 0.717) is 12.2 Å². The van der Waals surface area contributed by atoms with Gasteiger partial charge < -0.3 is 9.26 Å². The van der Waals surface area contributed by atoms with Gasteiger partial charge in [-0.3, -0.25) is 0 Å². The molecular formula is C10H8INO3. The van der Waals surface area contributed by atoms with Gasteiger partial charge >= 0.3 is 5.97 Å². The number of ether oxygens (including phenoxy) is 1. The summed E-state index contributed by atoms with van der Waals surface area (Å²) in [7, 11) is 0. The first-order valence-corrected chi connectivity index (χ1v) is 5.53. The third-order valence-electron chi connectivity index (χ3n) is 1.92. The van der Waals surface area contributed by atoms with Gasteiger partial charge in [0.05, 0.1) is 12.0 Å². The summed E-state index contributed by atoms with van der Waals surface area (Å²) in [6.45, 7) is 2.09. The number of aromatic nitrogens is 1. The molecular weight excluding hydrogens is 309 g/mol. The molecule has 1 aromatic carbocycles. The number of fused-ring (bicyclic) bond motifs is 1. The summed E-state index contributed by atoms with van der Waals surface area (Å²) >= 11 is 2.13. The van der Waals surface area contributed by atoms with Crippen molar-refractivity contribution in [3.8, 4) is 0 Å². The van der Waals surface area contributed by atoms with Crippen LogP contribution in [0.4, 0.5) is 0 Å². The van der Waals surface area contributed by atoms with Gasteiger partial charge in [0.25, 0.3) is 0 Å². The zero-order chi connectivity index (χ0) is 10.8. The Kier molecular flexibility index (Phi) is 2.90. The fourth-order valence-corrected chi connectivity index (χ4v) is 2.02. The van der Waals surface area contributed by atoms with Crippen LogP contribution in [0, 0.1) is 3.57 Å². The van der Waals surface area contributed by atoms with Crippen molar-refractivity contribution in [1.29, 1.82) is 0 Å². The second-order valence-corrected chi connectivity index (χ2v) is 4.03. The number of carbonyl (C=O) groups excluding carboxylic acids is 1. The van der Waals surface area contributed by atoms with E-state index >= 15 is 0 Å². The summed E-state index contributed by atoms with van der Waals surface area (Å²) in [5.74, 6) is -0.444. The van der Waals surface area contributed by atoms with E-state index in [0.717, 1.165) is 8.96 Å². The van der Waals surface area contributed by atoms with Crippen LogP contribution in [0.15, 0.2) is 22.7 Å². The van der Waals surface area contributed by atoms with Crippen LogP contribution in [-0.2, 0) is 4.74 Å². The Bertz CT molecular complexity index is 506. The largest absolute Gasteiger partial charge is 0.461 e. The fourth-order valence-electron chi connectivity index (χ4n) is 1.29. The van der Waals surface area contributed by atoms with Crippen LogP contribution in [0.2, 0.25) is 0 Å². The van der Waals surface area contributed by atoms with E-state index in [9.17, 15) is 4.79 Å². The van der Waals surface area contributed by atoms with Gasteiger partial charge in [0, 0.05) is 3.57 Å². The number of nitrogens with zero attached hydrogens (tertiary/aromatic N) is 1. The summed E-state index contributed by atoms with van der Waals surface area (Å²) in [5, 5.41) is 4.44. The minimum atomic E-state index is -0.444. The van der Waals surface area contributed by atoms with Gasteiger partial charge in [-0.05, 0) is 41.6 Å². The first-order valence-electron chi connectivity index (χ1n) is 4.45. The van der Waals surface area contributed by atoms with Gasteiger partial charge in [-0.1, -0.05) is 11.2 Å². The Labute approximate surface area is 99.7 Å². The molecule has 0 unspecified atom stereocenters. The molecule has 0 aliphatic carbocycles. The van der Waals surface area contributed by atoms with Crippen LogP contribution in [0.1, 0.15) is 17.4 Å². The van der Waals surface area contributed by atoms with Crippen LogP contribution in [-0.4, -0.2) is 17.7 Å². The van der Waals surface area contributed by atoms with E-state index in [-0.39, 0.29) is 5.69 Å². The standard InChI is InChI=1S/C10H8INO3/c1-2-14-10(13)9-8-6(11)4-3-5-7(8)15-12-9/h3-5H,2H2,1H3.